The molecule has 0 saturated heterocycles. The third kappa shape index (κ3) is 0.403. The van der Waals surface area contributed by atoms with E-state index >= 15 is 0 Å². The molecule has 1 amide bonds. The van der Waals surface area contributed by atoms with Gasteiger partial charge < -0.3 is 5.32 Å². The molecule has 8 heavy (non-hydrogen) atoms. The summed E-state index contributed by atoms with van der Waals surface area (Å²) in [5, 5.41) is 2.79. The lowest BCUT2D eigenvalue weighted by Gasteiger charge is -1.88. The van der Waals surface area contributed by atoms with Crippen LogP contribution in [0.3, 0.4) is 0 Å². The average Bonchev–Trinajstić information content (AvgIpc) is 2.57. The Morgan fingerprint density at radius 1 is 1.62 bits per heavy atom. The summed E-state index contributed by atoms with van der Waals surface area (Å²) in [6.07, 6.45) is 4.75. The zero-order valence-electron chi connectivity index (χ0n) is 4.68. The fraction of sp³-hybridized carbons (Fsp3) is 0.833. The van der Waals surface area contributed by atoms with Crippen LogP contribution in [0.1, 0.15) is 19.3 Å². The second kappa shape index (κ2) is 1.07. The van der Waals surface area contributed by atoms with Crippen molar-refractivity contribution < 1.29 is 4.79 Å². The van der Waals surface area contributed by atoms with Gasteiger partial charge in [0.15, 0.2) is 0 Å². The smallest absolute Gasteiger partial charge is 0.207 e. The van der Waals surface area contributed by atoms with E-state index in [-0.39, 0.29) is 0 Å². The van der Waals surface area contributed by atoms with Crippen LogP contribution in [-0.4, -0.2) is 12.5 Å². The molecule has 2 fully saturated rings. The van der Waals surface area contributed by atoms with E-state index in [0.29, 0.717) is 11.5 Å². The van der Waals surface area contributed by atoms with Crippen molar-refractivity contribution in [3.63, 3.8) is 0 Å². The van der Waals surface area contributed by atoms with Gasteiger partial charge in [-0.3, -0.25) is 4.79 Å². The molecule has 1 spiro atoms. The van der Waals surface area contributed by atoms with Gasteiger partial charge in [0.25, 0.3) is 0 Å². The van der Waals surface area contributed by atoms with E-state index < -0.39 is 0 Å². The normalized spacial score (nSPS) is 36.8. The van der Waals surface area contributed by atoms with Gasteiger partial charge in [0.05, 0.1) is 0 Å². The average molecular weight is 111 g/mol. The Hall–Kier alpha value is -0.530. The Balaban J connectivity index is 1.88. The molecule has 44 valence electrons. The van der Waals surface area contributed by atoms with Crippen molar-refractivity contribution in [2.75, 3.05) is 0 Å². The summed E-state index contributed by atoms with van der Waals surface area (Å²) in [6, 6.07) is 0.556. The molecule has 0 aromatic carbocycles. The number of carbonyl (C=O) groups is 1. The third-order valence-corrected chi connectivity index (χ3v) is 2.35. The first-order valence-corrected chi connectivity index (χ1v) is 3.07. The second-order valence-corrected chi connectivity index (χ2v) is 2.90. The van der Waals surface area contributed by atoms with Crippen LogP contribution in [0.15, 0.2) is 0 Å². The minimum atomic E-state index is 0.556. The Bertz CT molecular complexity index is 128. The van der Waals surface area contributed by atoms with Crippen molar-refractivity contribution in [1.29, 1.82) is 0 Å². The first-order chi connectivity index (χ1) is 3.87. The molecule has 1 N–H and O–H groups in total. The zero-order valence-corrected chi connectivity index (χ0v) is 4.68. The third-order valence-electron chi connectivity index (χ3n) is 2.35. The van der Waals surface area contributed by atoms with Crippen molar-refractivity contribution in [3.05, 3.63) is 0 Å². The highest BCUT2D eigenvalue weighted by atomic mass is 16.1. The maximum absolute atomic E-state index is 9.86. The predicted octanol–water partition coefficient (Wildman–Crippen LogP) is 0.285. The summed E-state index contributed by atoms with van der Waals surface area (Å²) in [6.45, 7) is 0. The van der Waals surface area contributed by atoms with Crippen molar-refractivity contribution in [2.45, 2.75) is 25.3 Å². The molecule has 0 heterocycles. The van der Waals surface area contributed by atoms with Gasteiger partial charge in [0.2, 0.25) is 6.41 Å². The molecule has 2 nitrogen and oxygen atoms in total. The van der Waals surface area contributed by atoms with Crippen molar-refractivity contribution in [1.82, 2.24) is 5.32 Å². The van der Waals surface area contributed by atoms with Gasteiger partial charge >= 0.3 is 0 Å². The van der Waals surface area contributed by atoms with Crippen LogP contribution in [0.4, 0.5) is 0 Å². The standard InChI is InChI=1S/C6H9NO/c8-4-7-5-3-6(5)1-2-6/h4-5H,1-3H2,(H,7,8)/t5-/m0/s1. The minimum absolute atomic E-state index is 0.556. The van der Waals surface area contributed by atoms with Crippen LogP contribution in [0.2, 0.25) is 0 Å². The van der Waals surface area contributed by atoms with E-state index in [0.717, 1.165) is 6.41 Å². The first-order valence-electron chi connectivity index (χ1n) is 3.07. The van der Waals surface area contributed by atoms with Crippen LogP contribution in [0.5, 0.6) is 0 Å². The van der Waals surface area contributed by atoms with Crippen molar-refractivity contribution >= 4 is 6.41 Å². The highest BCUT2D eigenvalue weighted by Gasteiger charge is 2.62. The van der Waals surface area contributed by atoms with Crippen LogP contribution < -0.4 is 5.32 Å². The Morgan fingerprint density at radius 2 is 2.38 bits per heavy atom. The lowest BCUT2D eigenvalue weighted by Crippen LogP contribution is -2.15. The minimum Gasteiger partial charge on any atom is -0.355 e. The van der Waals surface area contributed by atoms with E-state index in [1.54, 1.807) is 0 Å². The maximum atomic E-state index is 9.86. The largest absolute Gasteiger partial charge is 0.355 e. The Morgan fingerprint density at radius 3 is 2.75 bits per heavy atom. The quantitative estimate of drug-likeness (QED) is 0.510. The molecule has 2 aliphatic rings. The van der Waals surface area contributed by atoms with E-state index in [4.69, 9.17) is 0 Å². The van der Waals surface area contributed by atoms with Crippen molar-refractivity contribution in [2.24, 2.45) is 5.41 Å². The number of hydrogen-bond donors (Lipinski definition) is 1. The lowest BCUT2D eigenvalue weighted by molar-refractivity contribution is -0.109. The molecule has 2 rings (SSSR count). The Kier molecular flexibility index (Phi) is 0.581. The molecule has 1 atom stereocenters. The van der Waals surface area contributed by atoms with E-state index in [1.165, 1.54) is 19.3 Å². The number of rotatable bonds is 2. The van der Waals surface area contributed by atoms with Gasteiger partial charge in [-0.05, 0) is 24.7 Å². The molecule has 2 heteroatoms. The number of hydrogen-bond acceptors (Lipinski definition) is 1. The molecule has 0 radical (unpaired) electrons. The summed E-state index contributed by atoms with van der Waals surface area (Å²) < 4.78 is 0. The van der Waals surface area contributed by atoms with Gasteiger partial charge in [0.1, 0.15) is 0 Å². The van der Waals surface area contributed by atoms with Gasteiger partial charge in [0, 0.05) is 6.04 Å². The Labute approximate surface area is 48.3 Å². The van der Waals surface area contributed by atoms with Crippen LogP contribution in [0.25, 0.3) is 0 Å². The predicted molar refractivity (Wildman–Crippen MR) is 29.3 cm³/mol. The van der Waals surface area contributed by atoms with Gasteiger partial charge in [-0.2, -0.15) is 0 Å². The summed E-state index contributed by atoms with van der Waals surface area (Å²) in [4.78, 5) is 9.86. The second-order valence-electron chi connectivity index (χ2n) is 2.90. The molecule has 2 aliphatic carbocycles. The van der Waals surface area contributed by atoms with Gasteiger partial charge in [-0.25, -0.2) is 0 Å². The summed E-state index contributed by atoms with van der Waals surface area (Å²) in [7, 11) is 0. The van der Waals surface area contributed by atoms with Crippen LogP contribution >= 0.6 is 0 Å². The molecule has 0 bridgehead atoms. The SMILES string of the molecule is O=CN[C@H]1CC12CC2. The lowest BCUT2D eigenvalue weighted by atomic mass is 10.4. The van der Waals surface area contributed by atoms with Crippen LogP contribution in [0, 0.1) is 5.41 Å². The van der Waals surface area contributed by atoms with Crippen LogP contribution in [-0.2, 0) is 4.79 Å². The van der Waals surface area contributed by atoms with Gasteiger partial charge in [-0.15, -0.1) is 0 Å². The fourth-order valence-electron chi connectivity index (χ4n) is 1.38. The molecule has 0 aromatic heterocycles. The highest BCUT2D eigenvalue weighted by molar-refractivity contribution is 5.49. The molecule has 2 saturated carbocycles. The van der Waals surface area contributed by atoms with E-state index in [9.17, 15) is 4.79 Å². The van der Waals surface area contributed by atoms with Crippen molar-refractivity contribution in [3.8, 4) is 0 Å². The summed E-state index contributed by atoms with van der Waals surface area (Å²) in [5.74, 6) is 0. The number of amides is 1. The van der Waals surface area contributed by atoms with E-state index in [2.05, 4.69) is 5.32 Å². The molecular weight excluding hydrogens is 102 g/mol. The zero-order chi connectivity index (χ0) is 5.61. The van der Waals surface area contributed by atoms with E-state index in [1.807, 2.05) is 0 Å². The number of nitrogens with one attached hydrogen (secondary N) is 1. The summed E-state index contributed by atoms with van der Waals surface area (Å²) >= 11 is 0. The molecule has 0 aromatic rings. The fourth-order valence-corrected chi connectivity index (χ4v) is 1.38. The topological polar surface area (TPSA) is 29.1 Å². The van der Waals surface area contributed by atoms with Gasteiger partial charge in [-0.1, -0.05) is 0 Å². The summed E-state index contributed by atoms with van der Waals surface area (Å²) in [5.41, 5.74) is 0.626. The monoisotopic (exact) mass is 111 g/mol. The molecular formula is C6H9NO. The molecule has 0 unspecified atom stereocenters. The maximum Gasteiger partial charge on any atom is 0.207 e. The first kappa shape index (κ1) is 4.36. The highest BCUT2D eigenvalue weighted by Crippen LogP contribution is 2.65. The molecule has 0 aliphatic heterocycles. The number of carbonyl (C=O) groups excluding carboxylic acids is 1.